The highest BCUT2D eigenvalue weighted by molar-refractivity contribution is 7.22. The first kappa shape index (κ1) is 17.1. The summed E-state index contributed by atoms with van der Waals surface area (Å²) in [5, 5.41) is 1.51. The number of esters is 1. The van der Waals surface area contributed by atoms with Crippen LogP contribution in [0.1, 0.15) is 5.56 Å². The number of hydrogen-bond donors (Lipinski definition) is 0. The van der Waals surface area contributed by atoms with Gasteiger partial charge < -0.3 is 14.4 Å². The van der Waals surface area contributed by atoms with Crippen molar-refractivity contribution in [3.05, 3.63) is 53.1 Å². The second-order valence-corrected chi connectivity index (χ2v) is 7.50. The minimum absolute atomic E-state index is 0.112. The molecular weight excluding hydrogens is 372 g/mol. The zero-order valence-electron chi connectivity index (χ0n) is 14.1. The van der Waals surface area contributed by atoms with E-state index in [-0.39, 0.29) is 18.5 Å². The maximum absolute atomic E-state index is 12.1. The van der Waals surface area contributed by atoms with Crippen LogP contribution in [0.4, 0.5) is 5.13 Å². The second-order valence-electron chi connectivity index (χ2n) is 6.09. The van der Waals surface area contributed by atoms with Crippen molar-refractivity contribution in [3.63, 3.8) is 0 Å². The van der Waals surface area contributed by atoms with Crippen LogP contribution in [0.15, 0.2) is 42.5 Å². The second kappa shape index (κ2) is 7.13. The predicted octanol–water partition coefficient (Wildman–Crippen LogP) is 3.93. The summed E-state index contributed by atoms with van der Waals surface area (Å²) in [6.07, 6.45) is 0.0769. The smallest absolute Gasteiger partial charge is 0.310 e. The van der Waals surface area contributed by atoms with Crippen LogP contribution in [0.25, 0.3) is 10.2 Å². The molecule has 134 valence electrons. The maximum atomic E-state index is 12.1. The van der Waals surface area contributed by atoms with E-state index >= 15 is 0 Å². The van der Waals surface area contributed by atoms with Gasteiger partial charge in [0, 0.05) is 5.02 Å². The maximum Gasteiger partial charge on any atom is 0.310 e. The number of hydrogen-bond acceptors (Lipinski definition) is 6. The van der Waals surface area contributed by atoms with Gasteiger partial charge in [-0.3, -0.25) is 4.79 Å². The summed E-state index contributed by atoms with van der Waals surface area (Å²) in [6.45, 7) is 1.30. The van der Waals surface area contributed by atoms with Gasteiger partial charge in [0.25, 0.3) is 0 Å². The Balaban J connectivity index is 1.35. The number of carbonyl (C=O) groups is 1. The largest absolute Gasteiger partial charge is 0.494 e. The van der Waals surface area contributed by atoms with Crippen LogP contribution >= 0.6 is 22.9 Å². The quantitative estimate of drug-likeness (QED) is 0.620. The molecule has 0 atom stereocenters. The lowest BCUT2D eigenvalue weighted by atomic mass is 10.1. The number of rotatable bonds is 5. The number of ether oxygens (including phenoxy) is 2. The number of carbonyl (C=O) groups excluding carboxylic acids is 1. The molecule has 0 N–H and O–H groups in total. The lowest BCUT2D eigenvalue weighted by Gasteiger charge is -2.38. The molecule has 0 spiro atoms. The average Bonchev–Trinajstić information content (AvgIpc) is 3.03. The van der Waals surface area contributed by atoms with Gasteiger partial charge in [-0.2, -0.15) is 0 Å². The van der Waals surface area contributed by atoms with Crippen molar-refractivity contribution in [2.75, 3.05) is 25.1 Å². The minimum atomic E-state index is -0.256. The summed E-state index contributed by atoms with van der Waals surface area (Å²) >= 11 is 7.70. The van der Waals surface area contributed by atoms with Gasteiger partial charge in [-0.1, -0.05) is 47.2 Å². The van der Waals surface area contributed by atoms with Crippen molar-refractivity contribution in [2.45, 2.75) is 12.5 Å². The number of benzene rings is 2. The van der Waals surface area contributed by atoms with Gasteiger partial charge in [0.1, 0.15) is 17.4 Å². The molecule has 5 nitrogen and oxygen atoms in total. The van der Waals surface area contributed by atoms with E-state index in [2.05, 4.69) is 9.88 Å². The number of methoxy groups -OCH3 is 1. The Labute approximate surface area is 160 Å². The monoisotopic (exact) mass is 388 g/mol. The molecule has 0 unspecified atom stereocenters. The topological polar surface area (TPSA) is 51.7 Å². The van der Waals surface area contributed by atoms with Crippen molar-refractivity contribution in [1.29, 1.82) is 0 Å². The molecule has 1 fully saturated rings. The Bertz CT molecular complexity index is 953. The molecule has 2 aromatic carbocycles. The van der Waals surface area contributed by atoms with E-state index in [4.69, 9.17) is 21.1 Å². The summed E-state index contributed by atoms with van der Waals surface area (Å²) in [4.78, 5) is 18.9. The Hall–Kier alpha value is -2.31. The van der Waals surface area contributed by atoms with Crippen molar-refractivity contribution >= 4 is 44.3 Å². The molecule has 0 aliphatic carbocycles. The first-order chi connectivity index (χ1) is 12.6. The van der Waals surface area contributed by atoms with E-state index in [1.807, 2.05) is 36.4 Å². The van der Waals surface area contributed by atoms with Crippen molar-refractivity contribution in [3.8, 4) is 5.75 Å². The van der Waals surface area contributed by atoms with Crippen LogP contribution in [0.5, 0.6) is 5.75 Å². The van der Waals surface area contributed by atoms with Gasteiger partial charge in [0.2, 0.25) is 0 Å². The standard InChI is InChI=1S/C19H17ClN2O3S/c1-24-15-7-4-8-16-18(15)21-19(26-16)22-10-13(11-22)25-17(23)9-12-5-2-3-6-14(12)20/h2-8,13H,9-11H2,1H3. The minimum Gasteiger partial charge on any atom is -0.494 e. The number of fused-ring (bicyclic) bond motifs is 1. The molecule has 0 amide bonds. The summed E-state index contributed by atoms with van der Waals surface area (Å²) in [5.74, 6) is 0.516. The molecule has 2 heterocycles. The zero-order chi connectivity index (χ0) is 18.1. The molecule has 1 aliphatic rings. The Morgan fingerprint density at radius 1 is 1.27 bits per heavy atom. The van der Waals surface area contributed by atoms with Gasteiger partial charge in [0.05, 0.1) is 31.3 Å². The van der Waals surface area contributed by atoms with Gasteiger partial charge in [-0.15, -0.1) is 0 Å². The third-order valence-corrected chi connectivity index (χ3v) is 5.75. The molecule has 0 saturated carbocycles. The molecule has 0 radical (unpaired) electrons. The fraction of sp³-hybridized carbons (Fsp3) is 0.263. The molecular formula is C19H17ClN2O3S. The first-order valence-electron chi connectivity index (χ1n) is 8.25. The molecule has 4 rings (SSSR count). The van der Waals surface area contributed by atoms with E-state index < -0.39 is 0 Å². The van der Waals surface area contributed by atoms with Gasteiger partial charge in [-0.25, -0.2) is 4.98 Å². The molecule has 1 saturated heterocycles. The summed E-state index contributed by atoms with van der Waals surface area (Å²) in [7, 11) is 1.64. The average molecular weight is 389 g/mol. The van der Waals surface area contributed by atoms with E-state index in [1.165, 1.54) is 0 Å². The lowest BCUT2D eigenvalue weighted by Crippen LogP contribution is -2.53. The lowest BCUT2D eigenvalue weighted by molar-refractivity contribution is -0.149. The van der Waals surface area contributed by atoms with Crippen LogP contribution in [0, 0.1) is 0 Å². The number of nitrogens with zero attached hydrogens (tertiary/aromatic N) is 2. The van der Waals surface area contributed by atoms with Gasteiger partial charge in [-0.05, 0) is 23.8 Å². The first-order valence-corrected chi connectivity index (χ1v) is 9.45. The number of halogens is 1. The highest BCUT2D eigenvalue weighted by Gasteiger charge is 2.32. The molecule has 3 aromatic rings. The van der Waals surface area contributed by atoms with Gasteiger partial charge >= 0.3 is 5.97 Å². The van der Waals surface area contributed by atoms with Gasteiger partial charge in [0.15, 0.2) is 5.13 Å². The number of anilines is 1. The highest BCUT2D eigenvalue weighted by Crippen LogP contribution is 2.36. The predicted molar refractivity (Wildman–Crippen MR) is 103 cm³/mol. The normalized spacial score (nSPS) is 14.3. The number of aromatic nitrogens is 1. The number of thiazole rings is 1. The fourth-order valence-electron chi connectivity index (χ4n) is 2.91. The molecule has 7 heteroatoms. The van der Waals surface area contributed by atoms with Crippen molar-refractivity contribution < 1.29 is 14.3 Å². The Kier molecular flexibility index (Phi) is 4.70. The van der Waals surface area contributed by atoms with Crippen LogP contribution in [0.2, 0.25) is 5.02 Å². The van der Waals surface area contributed by atoms with Crippen molar-refractivity contribution in [1.82, 2.24) is 4.98 Å². The van der Waals surface area contributed by atoms with Crippen LogP contribution in [-0.2, 0) is 16.0 Å². The molecule has 0 bridgehead atoms. The molecule has 26 heavy (non-hydrogen) atoms. The summed E-state index contributed by atoms with van der Waals surface area (Å²) in [6, 6.07) is 13.2. The van der Waals surface area contributed by atoms with E-state index in [0.717, 1.165) is 26.7 Å². The molecule has 1 aliphatic heterocycles. The van der Waals surface area contributed by atoms with Crippen molar-refractivity contribution in [2.24, 2.45) is 0 Å². The third-order valence-electron chi connectivity index (χ3n) is 4.30. The Morgan fingerprint density at radius 3 is 2.85 bits per heavy atom. The molecule has 1 aromatic heterocycles. The van der Waals surface area contributed by atoms with Crippen LogP contribution in [0.3, 0.4) is 0 Å². The summed E-state index contributed by atoms with van der Waals surface area (Å²) < 4.78 is 12.0. The van der Waals surface area contributed by atoms with Crippen LogP contribution < -0.4 is 9.64 Å². The third kappa shape index (κ3) is 3.34. The SMILES string of the molecule is COc1cccc2sc(N3CC(OC(=O)Cc4ccccc4Cl)C3)nc12. The van der Waals surface area contributed by atoms with E-state index in [1.54, 1.807) is 24.5 Å². The van der Waals surface area contributed by atoms with E-state index in [0.29, 0.717) is 18.1 Å². The zero-order valence-corrected chi connectivity index (χ0v) is 15.7. The number of para-hydroxylation sites is 1. The Morgan fingerprint density at radius 2 is 2.08 bits per heavy atom. The fourth-order valence-corrected chi connectivity index (χ4v) is 4.11. The van der Waals surface area contributed by atoms with E-state index in [9.17, 15) is 4.79 Å². The summed E-state index contributed by atoms with van der Waals surface area (Å²) in [5.41, 5.74) is 1.66. The highest BCUT2D eigenvalue weighted by atomic mass is 35.5. The van der Waals surface area contributed by atoms with Crippen LogP contribution in [-0.4, -0.2) is 37.3 Å².